The minimum atomic E-state index is -1.03. The predicted octanol–water partition coefficient (Wildman–Crippen LogP) is 3.90. The second kappa shape index (κ2) is 8.55. The first-order valence-electron chi connectivity index (χ1n) is 9.98. The third kappa shape index (κ3) is 3.74. The van der Waals surface area contributed by atoms with Crippen LogP contribution in [0.4, 0.5) is 5.69 Å². The number of carbonyl (C=O) groups is 2. The van der Waals surface area contributed by atoms with Crippen LogP contribution in [-0.4, -0.2) is 46.2 Å². The first-order chi connectivity index (χ1) is 14.8. The van der Waals surface area contributed by atoms with Crippen molar-refractivity contribution in [3.8, 4) is 0 Å². The van der Waals surface area contributed by atoms with Crippen LogP contribution in [0.1, 0.15) is 30.0 Å². The summed E-state index contributed by atoms with van der Waals surface area (Å²) in [5, 5.41) is 11.5. The molecule has 7 heteroatoms. The Labute approximate surface area is 181 Å². The fraction of sp³-hybridized carbons (Fsp3) is 0.250. The molecule has 2 aromatic carbocycles. The molecule has 1 atom stereocenters. The van der Waals surface area contributed by atoms with E-state index < -0.39 is 10.5 Å². The van der Waals surface area contributed by atoms with Crippen LogP contribution < -0.4 is 0 Å². The Morgan fingerprint density at radius 1 is 1.10 bits per heavy atom. The van der Waals surface area contributed by atoms with Crippen LogP contribution in [-0.2, 0) is 16.0 Å². The third-order valence-corrected chi connectivity index (χ3v) is 5.97. The highest BCUT2D eigenvalue weighted by Crippen LogP contribution is 2.35. The van der Waals surface area contributed by atoms with E-state index in [0.29, 0.717) is 18.4 Å². The van der Waals surface area contributed by atoms with E-state index in [9.17, 15) is 19.7 Å². The number of hydrogen-bond acceptors (Lipinski definition) is 4. The molecule has 1 heterocycles. The first-order valence-corrected chi connectivity index (χ1v) is 9.98. The Bertz CT molecular complexity index is 1080. The fourth-order valence-corrected chi connectivity index (χ4v) is 4.08. The van der Waals surface area contributed by atoms with E-state index in [4.69, 9.17) is 0 Å². The van der Waals surface area contributed by atoms with E-state index in [0.717, 1.165) is 5.56 Å². The molecule has 0 aliphatic carbocycles. The summed E-state index contributed by atoms with van der Waals surface area (Å²) in [6.45, 7) is 5.59. The van der Waals surface area contributed by atoms with Gasteiger partial charge in [0.05, 0.1) is 10.5 Å². The molecule has 3 rings (SSSR count). The molecule has 0 spiro atoms. The number of nitrogens with zero attached hydrogens (tertiary/aromatic N) is 3. The Morgan fingerprint density at radius 3 is 2.35 bits per heavy atom. The minimum absolute atomic E-state index is 0.0852. The average Bonchev–Trinajstić information content (AvgIpc) is 2.78. The highest BCUT2D eigenvalue weighted by molar-refractivity contribution is 6.09. The van der Waals surface area contributed by atoms with Crippen molar-refractivity contribution in [1.82, 2.24) is 9.80 Å². The molecule has 0 saturated carbocycles. The highest BCUT2D eigenvalue weighted by atomic mass is 16.6. The van der Waals surface area contributed by atoms with E-state index in [2.05, 4.69) is 6.58 Å². The van der Waals surface area contributed by atoms with Gasteiger partial charge >= 0.3 is 0 Å². The maximum atomic E-state index is 13.5. The summed E-state index contributed by atoms with van der Waals surface area (Å²) in [6.07, 6.45) is 3.72. The molecule has 1 fully saturated rings. The standard InChI is InChI=1S/C24H25N3O4/c1-5-18-13-10-14-20(27(30)31)19(18)15-21-22(28)26(4)24(6-2,23(29)25(21)3)16-17-11-8-7-9-12-17/h5,7-15H,1,6,16H2,2-4H3/b21-15+. The van der Waals surface area contributed by atoms with Gasteiger partial charge in [0, 0.05) is 26.6 Å². The summed E-state index contributed by atoms with van der Waals surface area (Å²) in [6, 6.07) is 14.2. The molecule has 1 aliphatic rings. The van der Waals surface area contributed by atoms with Crippen molar-refractivity contribution < 1.29 is 14.5 Å². The minimum Gasteiger partial charge on any atom is -0.325 e. The zero-order chi connectivity index (χ0) is 22.8. The number of nitro groups is 1. The van der Waals surface area contributed by atoms with E-state index >= 15 is 0 Å². The number of benzene rings is 2. The topological polar surface area (TPSA) is 83.8 Å². The summed E-state index contributed by atoms with van der Waals surface area (Å²) in [4.78, 5) is 40.8. The molecular formula is C24H25N3O4. The zero-order valence-electron chi connectivity index (χ0n) is 17.9. The normalized spacial score (nSPS) is 20.3. The summed E-state index contributed by atoms with van der Waals surface area (Å²) in [5.74, 6) is -0.598. The number of nitro benzene ring substituents is 1. The maximum Gasteiger partial charge on any atom is 0.277 e. The molecule has 0 bridgehead atoms. The molecule has 1 saturated heterocycles. The molecule has 2 aromatic rings. The Hall–Kier alpha value is -3.74. The third-order valence-electron chi connectivity index (χ3n) is 5.97. The molecule has 1 aliphatic heterocycles. The largest absolute Gasteiger partial charge is 0.325 e. The van der Waals surface area contributed by atoms with E-state index in [1.54, 1.807) is 19.2 Å². The lowest BCUT2D eigenvalue weighted by Gasteiger charge is -2.47. The van der Waals surface area contributed by atoms with Crippen molar-refractivity contribution in [3.05, 3.63) is 87.6 Å². The highest BCUT2D eigenvalue weighted by Gasteiger charge is 2.50. The van der Waals surface area contributed by atoms with Crippen LogP contribution in [0.5, 0.6) is 0 Å². The van der Waals surface area contributed by atoms with Crippen molar-refractivity contribution in [2.45, 2.75) is 25.3 Å². The van der Waals surface area contributed by atoms with Gasteiger partial charge in [-0.3, -0.25) is 19.7 Å². The second-order valence-electron chi connectivity index (χ2n) is 7.55. The molecule has 2 amide bonds. The van der Waals surface area contributed by atoms with Crippen LogP contribution in [0.15, 0.2) is 60.8 Å². The van der Waals surface area contributed by atoms with Gasteiger partial charge in [0.15, 0.2) is 0 Å². The lowest BCUT2D eigenvalue weighted by atomic mass is 9.82. The number of likely N-dealkylation sites (N-methyl/N-ethyl adjacent to an activating group) is 2. The van der Waals surface area contributed by atoms with Crippen molar-refractivity contribution in [2.75, 3.05) is 14.1 Å². The fourth-order valence-electron chi connectivity index (χ4n) is 4.08. The number of rotatable bonds is 6. The second-order valence-corrected chi connectivity index (χ2v) is 7.55. The van der Waals surface area contributed by atoms with Gasteiger partial charge in [-0.25, -0.2) is 0 Å². The summed E-state index contributed by atoms with van der Waals surface area (Å²) in [5.41, 5.74) is 0.597. The molecule has 1 unspecified atom stereocenters. The van der Waals surface area contributed by atoms with E-state index in [1.165, 1.54) is 35.1 Å². The molecule has 160 valence electrons. The first kappa shape index (κ1) is 22.0. The molecule has 0 radical (unpaired) electrons. The molecule has 31 heavy (non-hydrogen) atoms. The van der Waals surface area contributed by atoms with Crippen LogP contribution >= 0.6 is 0 Å². The average molecular weight is 419 g/mol. The summed E-state index contributed by atoms with van der Waals surface area (Å²) >= 11 is 0. The maximum absolute atomic E-state index is 13.5. The van der Waals surface area contributed by atoms with Crippen LogP contribution in [0, 0.1) is 10.1 Å². The van der Waals surface area contributed by atoms with E-state index in [1.807, 2.05) is 37.3 Å². The van der Waals surface area contributed by atoms with Crippen LogP contribution in [0.25, 0.3) is 12.2 Å². The van der Waals surface area contributed by atoms with Gasteiger partial charge in [0.1, 0.15) is 11.2 Å². The summed E-state index contributed by atoms with van der Waals surface area (Å²) in [7, 11) is 3.15. The molecule has 0 N–H and O–H groups in total. The van der Waals surface area contributed by atoms with Gasteiger partial charge in [0.25, 0.3) is 17.5 Å². The van der Waals surface area contributed by atoms with Gasteiger partial charge in [-0.2, -0.15) is 0 Å². The van der Waals surface area contributed by atoms with Crippen molar-refractivity contribution in [3.63, 3.8) is 0 Å². The molecule has 0 aromatic heterocycles. The monoisotopic (exact) mass is 419 g/mol. The van der Waals surface area contributed by atoms with E-state index in [-0.39, 0.29) is 28.8 Å². The smallest absolute Gasteiger partial charge is 0.277 e. The number of piperazine rings is 1. The van der Waals surface area contributed by atoms with Gasteiger partial charge in [-0.15, -0.1) is 0 Å². The Morgan fingerprint density at radius 2 is 1.77 bits per heavy atom. The lowest BCUT2D eigenvalue weighted by molar-refractivity contribution is -0.385. The van der Waals surface area contributed by atoms with Crippen molar-refractivity contribution in [1.29, 1.82) is 0 Å². The predicted molar refractivity (Wildman–Crippen MR) is 120 cm³/mol. The van der Waals surface area contributed by atoms with Crippen molar-refractivity contribution in [2.24, 2.45) is 0 Å². The number of carbonyl (C=O) groups excluding carboxylic acids is 2. The van der Waals surface area contributed by atoms with Crippen LogP contribution in [0.3, 0.4) is 0 Å². The summed E-state index contributed by atoms with van der Waals surface area (Å²) < 4.78 is 0. The lowest BCUT2D eigenvalue weighted by Crippen LogP contribution is -2.65. The van der Waals surface area contributed by atoms with Gasteiger partial charge in [-0.05, 0) is 23.6 Å². The SMILES string of the molecule is C=Cc1cccc([N+](=O)[O-])c1/C=C1\C(=O)N(C)C(CC)(Cc2ccccc2)C(=O)N1C. The number of amides is 2. The van der Waals surface area contributed by atoms with Crippen molar-refractivity contribution >= 4 is 29.7 Å². The Kier molecular flexibility index (Phi) is 6.06. The quantitative estimate of drug-likeness (QED) is 0.404. The van der Waals surface area contributed by atoms with Gasteiger partial charge in [-0.1, -0.05) is 62.0 Å². The molecule has 7 nitrogen and oxygen atoms in total. The van der Waals surface area contributed by atoms with Crippen LogP contribution in [0.2, 0.25) is 0 Å². The molecular weight excluding hydrogens is 394 g/mol. The Balaban J connectivity index is 2.11. The zero-order valence-corrected chi connectivity index (χ0v) is 17.9. The number of hydrogen-bond donors (Lipinski definition) is 0. The van der Waals surface area contributed by atoms with Gasteiger partial charge in [0.2, 0.25) is 0 Å². The van der Waals surface area contributed by atoms with Gasteiger partial charge < -0.3 is 9.80 Å².